The molecule has 0 saturated carbocycles. The van der Waals surface area contributed by atoms with Crippen LogP contribution in [0.15, 0.2) is 72.8 Å². The predicted molar refractivity (Wildman–Crippen MR) is 117 cm³/mol. The van der Waals surface area contributed by atoms with E-state index in [4.69, 9.17) is 16.6 Å². The summed E-state index contributed by atoms with van der Waals surface area (Å²) < 4.78 is 15.4. The van der Waals surface area contributed by atoms with Gasteiger partial charge in [-0.15, -0.1) is 5.10 Å². The van der Waals surface area contributed by atoms with Crippen molar-refractivity contribution in [1.82, 2.24) is 19.8 Å². The molecule has 3 aromatic carbocycles. The highest BCUT2D eigenvalue weighted by molar-refractivity contribution is 6.30. The lowest BCUT2D eigenvalue weighted by atomic mass is 10.1. The van der Waals surface area contributed by atoms with E-state index >= 15 is 0 Å². The maximum atomic E-state index is 13.7. The highest BCUT2D eigenvalue weighted by Crippen LogP contribution is 2.28. The van der Waals surface area contributed by atoms with E-state index in [1.165, 1.54) is 17.7 Å². The van der Waals surface area contributed by atoms with Crippen LogP contribution in [0.1, 0.15) is 5.56 Å². The molecule has 0 saturated heterocycles. The van der Waals surface area contributed by atoms with Crippen LogP contribution < -0.4 is 5.32 Å². The number of rotatable bonds is 5. The first-order chi connectivity index (χ1) is 14.7. The molecular weight excluding hydrogens is 401 g/mol. The number of nitrogens with one attached hydrogen (secondary N) is 1. The van der Waals surface area contributed by atoms with E-state index in [0.717, 1.165) is 28.2 Å². The van der Waals surface area contributed by atoms with Gasteiger partial charge in [0.15, 0.2) is 5.65 Å². The number of benzene rings is 3. The Morgan fingerprint density at radius 3 is 2.63 bits per heavy atom. The average molecular weight is 418 g/mol. The molecule has 0 aliphatic rings. The Hall–Kier alpha value is -3.51. The van der Waals surface area contributed by atoms with Crippen molar-refractivity contribution in [3.8, 4) is 11.3 Å². The van der Waals surface area contributed by atoms with Crippen molar-refractivity contribution in [2.45, 2.75) is 6.42 Å². The molecule has 2 heterocycles. The maximum Gasteiger partial charge on any atom is 0.186 e. The normalized spacial score (nSPS) is 11.3. The predicted octanol–water partition coefficient (Wildman–Crippen LogP) is 5.39. The monoisotopic (exact) mass is 417 g/mol. The molecule has 7 heteroatoms. The molecule has 0 atom stereocenters. The minimum atomic E-state index is -0.323. The zero-order chi connectivity index (χ0) is 20.5. The fraction of sp³-hybridized carbons (Fsp3) is 0.0870. The summed E-state index contributed by atoms with van der Waals surface area (Å²) in [6.07, 6.45) is 0.826. The Labute approximate surface area is 177 Å². The molecular formula is C23H17ClFN5. The van der Waals surface area contributed by atoms with E-state index in [-0.39, 0.29) is 5.82 Å². The molecule has 5 nitrogen and oxygen atoms in total. The third-order valence-electron chi connectivity index (χ3n) is 4.97. The number of aromatic nitrogens is 4. The number of anilines is 1. The summed E-state index contributed by atoms with van der Waals surface area (Å²) in [6, 6.07) is 22.0. The van der Waals surface area contributed by atoms with Crippen LogP contribution in [0, 0.1) is 5.82 Å². The smallest absolute Gasteiger partial charge is 0.186 e. The van der Waals surface area contributed by atoms with E-state index in [9.17, 15) is 4.39 Å². The van der Waals surface area contributed by atoms with E-state index < -0.39 is 0 Å². The number of halogens is 2. The van der Waals surface area contributed by atoms with Gasteiger partial charge in [-0.3, -0.25) is 0 Å². The summed E-state index contributed by atoms with van der Waals surface area (Å²) in [5.41, 5.74) is 3.82. The Morgan fingerprint density at radius 1 is 0.967 bits per heavy atom. The lowest BCUT2D eigenvalue weighted by molar-refractivity contribution is 0.628. The van der Waals surface area contributed by atoms with Gasteiger partial charge in [-0.2, -0.15) is 4.52 Å². The zero-order valence-corrected chi connectivity index (χ0v) is 16.6. The topological polar surface area (TPSA) is 55.1 Å². The first-order valence-electron chi connectivity index (χ1n) is 9.57. The second kappa shape index (κ2) is 7.72. The molecule has 5 aromatic rings. The molecule has 30 heavy (non-hydrogen) atoms. The third-order valence-corrected chi connectivity index (χ3v) is 5.22. The Kier molecular flexibility index (Phi) is 4.77. The highest BCUT2D eigenvalue weighted by Gasteiger charge is 2.16. The van der Waals surface area contributed by atoms with E-state index in [0.29, 0.717) is 23.4 Å². The van der Waals surface area contributed by atoms with Crippen LogP contribution in [0.4, 0.5) is 10.2 Å². The molecule has 0 aliphatic heterocycles. The van der Waals surface area contributed by atoms with Gasteiger partial charge < -0.3 is 5.32 Å². The number of fused-ring (bicyclic) bond motifs is 3. The summed E-state index contributed by atoms with van der Waals surface area (Å²) in [5.74, 6) is 0.419. The third kappa shape index (κ3) is 3.46. The lowest BCUT2D eigenvalue weighted by Crippen LogP contribution is -2.08. The molecule has 2 aromatic heterocycles. The van der Waals surface area contributed by atoms with Gasteiger partial charge in [0.25, 0.3) is 0 Å². The summed E-state index contributed by atoms with van der Waals surface area (Å²) in [5, 5.41) is 13.7. The summed E-state index contributed by atoms with van der Waals surface area (Å²) >= 11 is 5.96. The molecule has 1 N–H and O–H groups in total. The van der Waals surface area contributed by atoms with Crippen LogP contribution in [0.3, 0.4) is 0 Å². The fourth-order valence-electron chi connectivity index (χ4n) is 3.50. The van der Waals surface area contributed by atoms with Gasteiger partial charge >= 0.3 is 0 Å². The highest BCUT2D eigenvalue weighted by atomic mass is 35.5. The zero-order valence-electron chi connectivity index (χ0n) is 15.9. The lowest BCUT2D eigenvalue weighted by Gasteiger charge is -2.10. The SMILES string of the molecule is Fc1cccc(-c2nnn3c2nc(NCCc2ccc(Cl)cc2)c2ccccc23)c1. The van der Waals surface area contributed by atoms with Gasteiger partial charge in [0.2, 0.25) is 0 Å². The van der Waals surface area contributed by atoms with Crippen LogP contribution in [-0.2, 0) is 6.42 Å². The van der Waals surface area contributed by atoms with Crippen molar-refractivity contribution in [1.29, 1.82) is 0 Å². The first kappa shape index (κ1) is 18.5. The largest absolute Gasteiger partial charge is 0.369 e. The van der Waals surface area contributed by atoms with Gasteiger partial charge in [-0.05, 0) is 48.4 Å². The molecule has 0 radical (unpaired) electrons. The standard InChI is InChI=1S/C23H17ClFN5/c24-17-10-8-15(9-11-17)12-13-26-22-19-6-1-2-7-20(19)30-23(27-22)21(28-29-30)16-4-3-5-18(25)14-16/h1-11,14H,12-13H2,(H,26,27). The Morgan fingerprint density at radius 2 is 1.80 bits per heavy atom. The summed E-state index contributed by atoms with van der Waals surface area (Å²) in [7, 11) is 0. The molecule has 5 rings (SSSR count). The van der Waals surface area contributed by atoms with Gasteiger partial charge in [-0.1, -0.05) is 53.2 Å². The van der Waals surface area contributed by atoms with Crippen molar-refractivity contribution in [2.75, 3.05) is 11.9 Å². The van der Waals surface area contributed by atoms with Gasteiger partial charge in [0.05, 0.1) is 5.52 Å². The number of hydrogen-bond acceptors (Lipinski definition) is 4. The Bertz CT molecular complexity index is 1350. The minimum absolute atomic E-state index is 0.323. The number of para-hydroxylation sites is 1. The second-order valence-corrected chi connectivity index (χ2v) is 7.40. The molecule has 0 fully saturated rings. The number of nitrogens with zero attached hydrogens (tertiary/aromatic N) is 4. The van der Waals surface area contributed by atoms with Crippen molar-refractivity contribution in [2.24, 2.45) is 0 Å². The van der Waals surface area contributed by atoms with Crippen molar-refractivity contribution in [3.63, 3.8) is 0 Å². The minimum Gasteiger partial charge on any atom is -0.369 e. The van der Waals surface area contributed by atoms with Crippen LogP contribution in [0.2, 0.25) is 5.02 Å². The molecule has 0 bridgehead atoms. The molecule has 0 spiro atoms. The molecule has 0 unspecified atom stereocenters. The van der Waals surface area contributed by atoms with E-state index in [1.807, 2.05) is 48.5 Å². The van der Waals surface area contributed by atoms with Crippen molar-refractivity contribution >= 4 is 34.0 Å². The summed E-state index contributed by atoms with van der Waals surface area (Å²) in [6.45, 7) is 0.700. The van der Waals surface area contributed by atoms with E-state index in [2.05, 4.69) is 15.6 Å². The second-order valence-electron chi connectivity index (χ2n) is 6.96. The van der Waals surface area contributed by atoms with Crippen LogP contribution in [0.5, 0.6) is 0 Å². The average Bonchev–Trinajstić information content (AvgIpc) is 3.19. The van der Waals surface area contributed by atoms with Crippen molar-refractivity contribution in [3.05, 3.63) is 89.2 Å². The van der Waals surface area contributed by atoms with Crippen LogP contribution in [0.25, 0.3) is 27.8 Å². The summed E-state index contributed by atoms with van der Waals surface area (Å²) in [4.78, 5) is 4.80. The van der Waals surface area contributed by atoms with Gasteiger partial charge in [0.1, 0.15) is 17.3 Å². The first-order valence-corrected chi connectivity index (χ1v) is 9.95. The molecule has 0 aliphatic carbocycles. The Balaban J connectivity index is 1.54. The molecule has 148 valence electrons. The maximum absolute atomic E-state index is 13.7. The quantitative estimate of drug-likeness (QED) is 0.416. The van der Waals surface area contributed by atoms with Crippen molar-refractivity contribution < 1.29 is 4.39 Å². The van der Waals surface area contributed by atoms with E-state index in [1.54, 1.807) is 16.6 Å². The van der Waals surface area contributed by atoms with Crippen LogP contribution in [-0.4, -0.2) is 26.4 Å². The number of hydrogen-bond donors (Lipinski definition) is 1. The fourth-order valence-corrected chi connectivity index (χ4v) is 3.62. The van der Waals surface area contributed by atoms with Crippen LogP contribution >= 0.6 is 11.6 Å². The molecule has 0 amide bonds. The van der Waals surface area contributed by atoms with Gasteiger partial charge in [0, 0.05) is 22.5 Å². The van der Waals surface area contributed by atoms with Gasteiger partial charge in [-0.25, -0.2) is 9.37 Å².